The molecule has 1 aromatic carbocycles. The predicted octanol–water partition coefficient (Wildman–Crippen LogP) is -0.214. The van der Waals surface area contributed by atoms with Crippen molar-refractivity contribution in [3.8, 4) is 0 Å². The van der Waals surface area contributed by atoms with Crippen LogP contribution >= 0.6 is 0 Å². The molecule has 0 bridgehead atoms. The molecule has 6 heteroatoms. The molecule has 0 aromatic heterocycles. The zero-order valence-electron chi connectivity index (χ0n) is 11.9. The minimum Gasteiger partial charge on any atom is -0.368 e. The average molecular weight is 289 g/mol. The molecule has 21 heavy (non-hydrogen) atoms. The lowest BCUT2D eigenvalue weighted by Gasteiger charge is -2.18. The fraction of sp³-hybridized carbons (Fsp3) is 0.400. The molecule has 112 valence electrons. The second kappa shape index (κ2) is 6.39. The van der Waals surface area contributed by atoms with Gasteiger partial charge in [0, 0.05) is 12.8 Å². The summed E-state index contributed by atoms with van der Waals surface area (Å²) in [5, 5.41) is 5.19. The van der Waals surface area contributed by atoms with E-state index in [-0.39, 0.29) is 11.8 Å². The van der Waals surface area contributed by atoms with E-state index in [1.54, 1.807) is 0 Å². The van der Waals surface area contributed by atoms with Gasteiger partial charge >= 0.3 is 0 Å². The van der Waals surface area contributed by atoms with Gasteiger partial charge in [0.1, 0.15) is 12.1 Å². The molecule has 2 rings (SSSR count). The lowest BCUT2D eigenvalue weighted by Crippen LogP contribution is -2.51. The normalized spacial score (nSPS) is 18.9. The lowest BCUT2D eigenvalue weighted by atomic mass is 10.0. The van der Waals surface area contributed by atoms with Crippen molar-refractivity contribution in [1.82, 2.24) is 10.6 Å². The lowest BCUT2D eigenvalue weighted by molar-refractivity contribution is -0.129. The van der Waals surface area contributed by atoms with E-state index < -0.39 is 18.0 Å². The van der Waals surface area contributed by atoms with E-state index in [9.17, 15) is 14.4 Å². The Morgan fingerprint density at radius 3 is 2.81 bits per heavy atom. The van der Waals surface area contributed by atoms with Crippen LogP contribution in [0.5, 0.6) is 0 Å². The summed E-state index contributed by atoms with van der Waals surface area (Å²) in [6.45, 7) is 1.95. The summed E-state index contributed by atoms with van der Waals surface area (Å²) in [4.78, 5) is 34.7. The van der Waals surface area contributed by atoms with E-state index in [4.69, 9.17) is 5.73 Å². The summed E-state index contributed by atoms with van der Waals surface area (Å²) >= 11 is 0. The van der Waals surface area contributed by atoms with E-state index >= 15 is 0 Å². The Bertz CT molecular complexity index is 571. The molecule has 1 aromatic rings. The number of nitrogens with two attached hydrogens (primary N) is 1. The Morgan fingerprint density at radius 1 is 1.48 bits per heavy atom. The third-order valence-electron chi connectivity index (χ3n) is 3.49. The van der Waals surface area contributed by atoms with Gasteiger partial charge in [0.2, 0.25) is 17.7 Å². The highest BCUT2D eigenvalue weighted by molar-refractivity contribution is 5.93. The zero-order valence-corrected chi connectivity index (χ0v) is 11.9. The van der Waals surface area contributed by atoms with Crippen molar-refractivity contribution in [3.63, 3.8) is 0 Å². The number of primary amides is 1. The number of hydrogen-bond donors (Lipinski definition) is 3. The molecular formula is C15H19N3O3. The number of benzene rings is 1. The number of nitrogens with one attached hydrogen (secondary N) is 2. The maximum atomic E-state index is 12.0. The van der Waals surface area contributed by atoms with Gasteiger partial charge in [0.15, 0.2) is 0 Å². The summed E-state index contributed by atoms with van der Waals surface area (Å²) in [7, 11) is 0. The van der Waals surface area contributed by atoms with Crippen molar-refractivity contribution in [3.05, 3.63) is 35.4 Å². The van der Waals surface area contributed by atoms with Crippen LogP contribution in [0, 0.1) is 6.92 Å². The van der Waals surface area contributed by atoms with Crippen molar-refractivity contribution in [1.29, 1.82) is 0 Å². The summed E-state index contributed by atoms with van der Waals surface area (Å²) < 4.78 is 0. The molecule has 2 atom stereocenters. The Morgan fingerprint density at radius 2 is 2.24 bits per heavy atom. The molecule has 0 aliphatic carbocycles. The van der Waals surface area contributed by atoms with Crippen LogP contribution in [-0.4, -0.2) is 29.8 Å². The first kappa shape index (κ1) is 15.0. The number of rotatable bonds is 5. The van der Waals surface area contributed by atoms with Crippen LogP contribution < -0.4 is 16.4 Å². The monoisotopic (exact) mass is 289 g/mol. The Labute approximate surface area is 123 Å². The fourth-order valence-electron chi connectivity index (χ4n) is 2.38. The molecular weight excluding hydrogens is 270 g/mol. The van der Waals surface area contributed by atoms with Crippen LogP contribution in [0.4, 0.5) is 0 Å². The highest BCUT2D eigenvalue weighted by atomic mass is 16.2. The second-order valence-electron chi connectivity index (χ2n) is 5.32. The van der Waals surface area contributed by atoms with E-state index in [0.717, 1.165) is 11.1 Å². The molecule has 0 saturated carbocycles. The predicted molar refractivity (Wildman–Crippen MR) is 77.2 cm³/mol. The van der Waals surface area contributed by atoms with Crippen molar-refractivity contribution in [2.45, 2.75) is 38.3 Å². The maximum Gasteiger partial charge on any atom is 0.243 e. The van der Waals surface area contributed by atoms with Gasteiger partial charge in [-0.05, 0) is 18.9 Å². The molecule has 6 nitrogen and oxygen atoms in total. The second-order valence-corrected chi connectivity index (χ2v) is 5.32. The minimum absolute atomic E-state index is 0.149. The van der Waals surface area contributed by atoms with Gasteiger partial charge in [-0.3, -0.25) is 14.4 Å². The molecule has 0 spiro atoms. The van der Waals surface area contributed by atoms with E-state index in [1.165, 1.54) is 0 Å². The SMILES string of the molecule is Cc1cccc(C[C@@H](NC(=O)[C@@H]2CCC(=O)N2)C(N)=O)c1. The fourth-order valence-corrected chi connectivity index (χ4v) is 2.38. The molecule has 1 heterocycles. The third-order valence-corrected chi connectivity index (χ3v) is 3.49. The molecule has 1 fully saturated rings. The van der Waals surface area contributed by atoms with Gasteiger partial charge in [0.25, 0.3) is 0 Å². The van der Waals surface area contributed by atoms with Gasteiger partial charge in [-0.25, -0.2) is 0 Å². The van der Waals surface area contributed by atoms with Crippen LogP contribution in [0.15, 0.2) is 24.3 Å². The van der Waals surface area contributed by atoms with Crippen LogP contribution in [0.25, 0.3) is 0 Å². The van der Waals surface area contributed by atoms with Gasteiger partial charge in [-0.15, -0.1) is 0 Å². The van der Waals surface area contributed by atoms with Crippen molar-refractivity contribution < 1.29 is 14.4 Å². The summed E-state index contributed by atoms with van der Waals surface area (Å²) in [5.74, 6) is -1.10. The summed E-state index contributed by atoms with van der Waals surface area (Å²) in [6.07, 6.45) is 1.11. The quantitative estimate of drug-likeness (QED) is 0.699. The first-order valence-corrected chi connectivity index (χ1v) is 6.90. The first-order chi connectivity index (χ1) is 9.95. The molecule has 4 N–H and O–H groups in total. The number of hydrogen-bond acceptors (Lipinski definition) is 3. The highest BCUT2D eigenvalue weighted by Gasteiger charge is 2.29. The van der Waals surface area contributed by atoms with Gasteiger partial charge in [-0.1, -0.05) is 29.8 Å². The van der Waals surface area contributed by atoms with Gasteiger partial charge < -0.3 is 16.4 Å². The van der Waals surface area contributed by atoms with Crippen LogP contribution in [-0.2, 0) is 20.8 Å². The zero-order chi connectivity index (χ0) is 15.4. The van der Waals surface area contributed by atoms with Gasteiger partial charge in [0.05, 0.1) is 0 Å². The van der Waals surface area contributed by atoms with E-state index in [1.807, 2.05) is 31.2 Å². The Kier molecular flexibility index (Phi) is 4.57. The third kappa shape index (κ3) is 4.05. The van der Waals surface area contributed by atoms with E-state index in [2.05, 4.69) is 10.6 Å². The highest BCUT2D eigenvalue weighted by Crippen LogP contribution is 2.09. The molecule has 0 unspecified atom stereocenters. The van der Waals surface area contributed by atoms with Crippen LogP contribution in [0.2, 0.25) is 0 Å². The van der Waals surface area contributed by atoms with E-state index in [0.29, 0.717) is 19.3 Å². The molecule has 3 amide bonds. The van der Waals surface area contributed by atoms with Crippen molar-refractivity contribution in [2.24, 2.45) is 5.73 Å². The topological polar surface area (TPSA) is 101 Å². The Hall–Kier alpha value is -2.37. The summed E-state index contributed by atoms with van der Waals surface area (Å²) in [5.41, 5.74) is 7.36. The standard InChI is InChI=1S/C15H19N3O3/c1-9-3-2-4-10(7-9)8-12(14(16)20)18-15(21)11-5-6-13(19)17-11/h2-4,7,11-12H,5-6,8H2,1H3,(H2,16,20)(H,17,19)(H,18,21)/t11-,12+/m0/s1. The minimum atomic E-state index is -0.781. The van der Waals surface area contributed by atoms with Crippen molar-refractivity contribution >= 4 is 17.7 Å². The largest absolute Gasteiger partial charge is 0.368 e. The number of amides is 3. The smallest absolute Gasteiger partial charge is 0.243 e. The first-order valence-electron chi connectivity index (χ1n) is 6.90. The summed E-state index contributed by atoms with van der Waals surface area (Å²) in [6, 6.07) is 6.32. The van der Waals surface area contributed by atoms with Crippen LogP contribution in [0.1, 0.15) is 24.0 Å². The molecule has 1 aliphatic heterocycles. The average Bonchev–Trinajstić information content (AvgIpc) is 2.84. The van der Waals surface area contributed by atoms with Crippen molar-refractivity contribution in [2.75, 3.05) is 0 Å². The van der Waals surface area contributed by atoms with Gasteiger partial charge in [-0.2, -0.15) is 0 Å². The molecule has 0 radical (unpaired) electrons. The number of carbonyl (C=O) groups is 3. The number of aryl methyl sites for hydroxylation is 1. The maximum absolute atomic E-state index is 12.0. The number of carbonyl (C=O) groups excluding carboxylic acids is 3. The molecule has 1 aliphatic rings. The molecule has 1 saturated heterocycles. The van der Waals surface area contributed by atoms with Crippen LogP contribution in [0.3, 0.4) is 0 Å². The Balaban J connectivity index is 2.00.